The fourth-order valence-corrected chi connectivity index (χ4v) is 2.56. The summed E-state index contributed by atoms with van der Waals surface area (Å²) in [5.41, 5.74) is 1.87. The summed E-state index contributed by atoms with van der Waals surface area (Å²) in [6.07, 6.45) is 0.536. The first-order valence-electron chi connectivity index (χ1n) is 6.91. The summed E-state index contributed by atoms with van der Waals surface area (Å²) >= 11 is 0. The minimum Gasteiger partial charge on any atom is -0.369 e. The zero-order valence-corrected chi connectivity index (χ0v) is 12.4. The molecule has 0 bridgehead atoms. The molecule has 2 heterocycles. The number of benzene rings is 1. The van der Waals surface area contributed by atoms with Crippen molar-refractivity contribution in [2.45, 2.75) is 32.5 Å². The highest BCUT2D eigenvalue weighted by molar-refractivity contribution is 5.42. The molecule has 3 rings (SSSR count). The van der Waals surface area contributed by atoms with E-state index in [2.05, 4.69) is 11.2 Å². The molecule has 1 aliphatic rings. The van der Waals surface area contributed by atoms with Gasteiger partial charge in [0.2, 0.25) is 0 Å². The van der Waals surface area contributed by atoms with Crippen molar-refractivity contribution >= 4 is 0 Å². The largest absolute Gasteiger partial charge is 0.369 e. The predicted molar refractivity (Wildman–Crippen MR) is 76.7 cm³/mol. The molecule has 1 aromatic carbocycles. The fraction of sp³-hybridized carbons (Fsp3) is 0.312. The molecule has 0 saturated carbocycles. The number of nitrogens with zero attached hydrogens (tertiary/aromatic N) is 3. The summed E-state index contributed by atoms with van der Waals surface area (Å²) < 4.78 is 20.1. The number of hydrogen-bond donors (Lipinski definition) is 1. The zero-order chi connectivity index (χ0) is 15.9. The molecule has 0 saturated heterocycles. The Balaban J connectivity index is 2.22. The Hall–Kier alpha value is -2.52. The van der Waals surface area contributed by atoms with E-state index >= 15 is 0 Å². The zero-order valence-electron chi connectivity index (χ0n) is 12.4. The number of ether oxygens (including phenoxy) is 1. The average Bonchev–Trinajstić information content (AvgIpc) is 2.47. The third-order valence-corrected chi connectivity index (χ3v) is 3.70. The van der Waals surface area contributed by atoms with Gasteiger partial charge in [0.1, 0.15) is 17.4 Å². The number of nitriles is 1. The molecule has 22 heavy (non-hydrogen) atoms. The SMILES string of the molecule is CC1(C)Cc2c(nn(-c3ccc(F)cc3)c(=N)c2C#N)CO1. The topological polar surface area (TPSA) is 74.7 Å². The van der Waals surface area contributed by atoms with Crippen molar-refractivity contribution in [1.82, 2.24) is 9.78 Å². The lowest BCUT2D eigenvalue weighted by Crippen LogP contribution is -2.37. The molecule has 112 valence electrons. The second kappa shape index (κ2) is 5.04. The highest BCUT2D eigenvalue weighted by Gasteiger charge is 2.30. The number of nitrogens with one attached hydrogen (secondary N) is 1. The van der Waals surface area contributed by atoms with Crippen LogP contribution in [0.1, 0.15) is 30.7 Å². The first-order valence-corrected chi connectivity index (χ1v) is 6.91. The van der Waals surface area contributed by atoms with E-state index in [4.69, 9.17) is 10.1 Å². The van der Waals surface area contributed by atoms with Crippen LogP contribution >= 0.6 is 0 Å². The Bertz CT molecular complexity index is 831. The second-order valence-corrected chi connectivity index (χ2v) is 5.87. The molecule has 1 aliphatic heterocycles. The molecule has 2 aromatic rings. The summed E-state index contributed by atoms with van der Waals surface area (Å²) in [5, 5.41) is 22.1. The van der Waals surface area contributed by atoms with E-state index in [-0.39, 0.29) is 16.9 Å². The van der Waals surface area contributed by atoms with Gasteiger partial charge in [-0.05, 0) is 38.1 Å². The van der Waals surface area contributed by atoms with Gasteiger partial charge >= 0.3 is 0 Å². The van der Waals surface area contributed by atoms with Crippen molar-refractivity contribution in [2.24, 2.45) is 0 Å². The summed E-state index contributed by atoms with van der Waals surface area (Å²) in [6, 6.07) is 7.76. The monoisotopic (exact) mass is 298 g/mol. The van der Waals surface area contributed by atoms with Crippen LogP contribution in [0.5, 0.6) is 0 Å². The number of aromatic nitrogens is 2. The van der Waals surface area contributed by atoms with Crippen LogP contribution in [0.25, 0.3) is 5.69 Å². The Morgan fingerprint density at radius 3 is 2.68 bits per heavy atom. The Morgan fingerprint density at radius 1 is 1.36 bits per heavy atom. The van der Waals surface area contributed by atoms with Crippen molar-refractivity contribution in [3.63, 3.8) is 0 Å². The molecule has 0 aliphatic carbocycles. The number of fused-ring (bicyclic) bond motifs is 1. The first-order chi connectivity index (χ1) is 10.4. The maximum atomic E-state index is 13.1. The van der Waals surface area contributed by atoms with Crippen LogP contribution in [0, 0.1) is 22.6 Å². The van der Waals surface area contributed by atoms with Crippen molar-refractivity contribution in [2.75, 3.05) is 0 Å². The Morgan fingerprint density at radius 2 is 2.05 bits per heavy atom. The van der Waals surface area contributed by atoms with Gasteiger partial charge in [-0.3, -0.25) is 5.41 Å². The van der Waals surface area contributed by atoms with Crippen LogP contribution in [0.3, 0.4) is 0 Å². The lowest BCUT2D eigenvalue weighted by molar-refractivity contribution is -0.0428. The van der Waals surface area contributed by atoms with Crippen molar-refractivity contribution in [3.05, 3.63) is 52.4 Å². The highest BCUT2D eigenvalue weighted by Crippen LogP contribution is 2.27. The third-order valence-electron chi connectivity index (χ3n) is 3.70. The van der Waals surface area contributed by atoms with E-state index in [1.54, 1.807) is 0 Å². The van der Waals surface area contributed by atoms with Crippen LogP contribution < -0.4 is 5.49 Å². The Labute approximate surface area is 127 Å². The van der Waals surface area contributed by atoms with Gasteiger partial charge in [0, 0.05) is 12.0 Å². The number of hydrogen-bond acceptors (Lipinski definition) is 4. The van der Waals surface area contributed by atoms with Gasteiger partial charge in [-0.2, -0.15) is 10.4 Å². The maximum Gasteiger partial charge on any atom is 0.164 e. The molecule has 0 unspecified atom stereocenters. The van der Waals surface area contributed by atoms with Crippen molar-refractivity contribution in [3.8, 4) is 11.8 Å². The highest BCUT2D eigenvalue weighted by atomic mass is 19.1. The summed E-state index contributed by atoms with van der Waals surface area (Å²) in [7, 11) is 0. The van der Waals surface area contributed by atoms with E-state index < -0.39 is 0 Å². The summed E-state index contributed by atoms with van der Waals surface area (Å²) in [4.78, 5) is 0. The lowest BCUT2D eigenvalue weighted by atomic mass is 9.92. The van der Waals surface area contributed by atoms with Crippen LogP contribution in [0.15, 0.2) is 24.3 Å². The van der Waals surface area contributed by atoms with E-state index in [1.807, 2.05) is 13.8 Å². The molecule has 5 nitrogen and oxygen atoms in total. The van der Waals surface area contributed by atoms with Gasteiger partial charge in [-0.1, -0.05) is 0 Å². The molecule has 0 fully saturated rings. The number of rotatable bonds is 1. The van der Waals surface area contributed by atoms with Gasteiger partial charge in [0.15, 0.2) is 5.49 Å². The van der Waals surface area contributed by atoms with Gasteiger partial charge in [-0.15, -0.1) is 0 Å². The third kappa shape index (κ3) is 2.40. The normalized spacial score (nSPS) is 15.9. The van der Waals surface area contributed by atoms with Gasteiger partial charge in [-0.25, -0.2) is 9.07 Å². The minimum absolute atomic E-state index is 0.00515. The summed E-state index contributed by atoms with van der Waals surface area (Å²) in [6.45, 7) is 4.18. The van der Waals surface area contributed by atoms with E-state index in [1.165, 1.54) is 28.9 Å². The molecule has 0 amide bonds. The second-order valence-electron chi connectivity index (χ2n) is 5.87. The van der Waals surface area contributed by atoms with Crippen molar-refractivity contribution in [1.29, 1.82) is 10.7 Å². The van der Waals surface area contributed by atoms with Crippen LogP contribution in [-0.4, -0.2) is 15.4 Å². The molecule has 0 spiro atoms. The first kappa shape index (κ1) is 14.4. The molecule has 1 aromatic heterocycles. The number of halogens is 1. The van der Waals surface area contributed by atoms with E-state index in [0.717, 1.165) is 5.56 Å². The van der Waals surface area contributed by atoms with Crippen molar-refractivity contribution < 1.29 is 9.13 Å². The molecule has 0 radical (unpaired) electrons. The maximum absolute atomic E-state index is 13.1. The van der Waals surface area contributed by atoms with Gasteiger partial charge in [0.05, 0.1) is 23.6 Å². The average molecular weight is 298 g/mol. The lowest BCUT2D eigenvalue weighted by Gasteiger charge is -2.31. The molecule has 0 atom stereocenters. The molecule has 6 heteroatoms. The van der Waals surface area contributed by atoms with Gasteiger partial charge in [0.25, 0.3) is 0 Å². The molecular weight excluding hydrogens is 283 g/mol. The van der Waals surface area contributed by atoms with E-state index in [9.17, 15) is 9.65 Å². The van der Waals surface area contributed by atoms with E-state index in [0.29, 0.717) is 30.0 Å². The van der Waals surface area contributed by atoms with Crippen LogP contribution in [0.2, 0.25) is 0 Å². The summed E-state index contributed by atoms with van der Waals surface area (Å²) in [5.74, 6) is -0.362. The Kier molecular flexibility index (Phi) is 3.30. The fourth-order valence-electron chi connectivity index (χ4n) is 2.56. The van der Waals surface area contributed by atoms with Crippen LogP contribution in [0.4, 0.5) is 4.39 Å². The smallest absolute Gasteiger partial charge is 0.164 e. The quantitative estimate of drug-likeness (QED) is 0.877. The molecule has 1 N–H and O–H groups in total. The molecular formula is C16H15FN4O. The predicted octanol–water partition coefficient (Wildman–Crippen LogP) is 2.21. The standard InChI is InChI=1S/C16H15FN4O/c1-16(2)7-12-13(8-18)15(19)21(20-14(12)9-22-16)11-5-3-10(17)4-6-11/h3-6,19H,7,9H2,1-2H3. The van der Waals surface area contributed by atoms with Crippen LogP contribution in [-0.2, 0) is 17.8 Å². The minimum atomic E-state index is -0.380. The van der Waals surface area contributed by atoms with Gasteiger partial charge < -0.3 is 4.74 Å².